The maximum Gasteiger partial charge on any atom is 0.0705 e. The van der Waals surface area contributed by atoms with Gasteiger partial charge in [-0.25, -0.2) is 0 Å². The van der Waals surface area contributed by atoms with Crippen LogP contribution in [0.4, 0.5) is 0 Å². The number of hydrogen-bond donors (Lipinski definition) is 1. The summed E-state index contributed by atoms with van der Waals surface area (Å²) in [4.78, 5) is 0. The van der Waals surface area contributed by atoms with Gasteiger partial charge in [-0.15, -0.1) is 12.3 Å². The molecule has 0 aromatic rings. The first kappa shape index (κ1) is 13.5. The molecule has 0 saturated heterocycles. The fraction of sp³-hybridized carbons (Fsp3) is 0.857. The number of rotatable bonds is 6. The lowest BCUT2D eigenvalue weighted by Gasteiger charge is -2.22. The van der Waals surface area contributed by atoms with E-state index in [9.17, 15) is 5.11 Å². The fourth-order valence-electron chi connectivity index (χ4n) is 2.73. The Labute approximate surface area is 99.4 Å². The van der Waals surface area contributed by atoms with E-state index in [0.717, 1.165) is 12.8 Å². The minimum Gasteiger partial charge on any atom is -0.392 e. The van der Waals surface area contributed by atoms with Gasteiger partial charge in [0.1, 0.15) is 0 Å². The molecule has 1 aliphatic carbocycles. The van der Waals surface area contributed by atoms with Crippen LogP contribution in [0, 0.1) is 36.0 Å². The summed E-state index contributed by atoms with van der Waals surface area (Å²) >= 11 is 0. The molecule has 0 heterocycles. The van der Waals surface area contributed by atoms with Gasteiger partial charge in [0.25, 0.3) is 0 Å². The Balaban J connectivity index is 2.47. The molecule has 92 valence electrons. The van der Waals surface area contributed by atoms with Crippen molar-refractivity contribution in [3.63, 3.8) is 0 Å². The third-order valence-corrected chi connectivity index (χ3v) is 4.07. The van der Waals surface area contributed by atoms with Gasteiger partial charge in [0.15, 0.2) is 0 Å². The summed E-state index contributed by atoms with van der Waals surface area (Å²) in [5.74, 6) is 4.06. The number of methoxy groups -OCH3 is 1. The van der Waals surface area contributed by atoms with Gasteiger partial charge in [-0.2, -0.15) is 0 Å². The van der Waals surface area contributed by atoms with E-state index in [-0.39, 0.29) is 12.0 Å². The van der Waals surface area contributed by atoms with Crippen LogP contribution in [-0.2, 0) is 4.74 Å². The second kappa shape index (κ2) is 5.70. The molecule has 0 radical (unpaired) electrons. The van der Waals surface area contributed by atoms with Gasteiger partial charge < -0.3 is 9.84 Å². The summed E-state index contributed by atoms with van der Waals surface area (Å²) in [6.07, 6.45) is 7.43. The molecule has 2 heteroatoms. The van der Waals surface area contributed by atoms with E-state index in [1.54, 1.807) is 7.11 Å². The van der Waals surface area contributed by atoms with Gasteiger partial charge in [-0.05, 0) is 37.5 Å². The molecule has 1 saturated carbocycles. The lowest BCUT2D eigenvalue weighted by atomic mass is 9.92. The zero-order chi connectivity index (χ0) is 12.3. The Kier molecular flexibility index (Phi) is 4.83. The van der Waals surface area contributed by atoms with Crippen molar-refractivity contribution in [2.45, 2.75) is 45.8 Å². The largest absolute Gasteiger partial charge is 0.392 e. The highest BCUT2D eigenvalue weighted by molar-refractivity contribution is 5.03. The highest BCUT2D eigenvalue weighted by Gasteiger charge is 2.48. The maximum atomic E-state index is 10.0. The molecule has 0 spiro atoms. The molecule has 16 heavy (non-hydrogen) atoms. The van der Waals surface area contributed by atoms with Crippen molar-refractivity contribution in [1.29, 1.82) is 0 Å². The van der Waals surface area contributed by atoms with Gasteiger partial charge in [0.05, 0.1) is 12.2 Å². The van der Waals surface area contributed by atoms with E-state index in [0.29, 0.717) is 23.9 Å². The lowest BCUT2D eigenvalue weighted by Crippen LogP contribution is -2.25. The molecule has 0 amide bonds. The van der Waals surface area contributed by atoms with Crippen molar-refractivity contribution in [1.82, 2.24) is 0 Å². The highest BCUT2D eigenvalue weighted by atomic mass is 16.5. The predicted molar refractivity (Wildman–Crippen MR) is 65.9 cm³/mol. The Bertz CT molecular complexity index is 252. The normalized spacial score (nSPS) is 31.2. The van der Waals surface area contributed by atoms with E-state index in [1.807, 2.05) is 6.92 Å². The van der Waals surface area contributed by atoms with Crippen LogP contribution in [0.5, 0.6) is 0 Å². The quantitative estimate of drug-likeness (QED) is 0.702. The van der Waals surface area contributed by atoms with Gasteiger partial charge in [-0.1, -0.05) is 13.8 Å². The molecule has 1 rings (SSSR count). The number of hydrogen-bond acceptors (Lipinski definition) is 2. The van der Waals surface area contributed by atoms with E-state index >= 15 is 0 Å². The van der Waals surface area contributed by atoms with E-state index in [1.165, 1.54) is 0 Å². The Morgan fingerprint density at radius 3 is 2.50 bits per heavy atom. The molecule has 0 aromatic carbocycles. The summed E-state index contributed by atoms with van der Waals surface area (Å²) in [5.41, 5.74) is 0. The maximum absolute atomic E-state index is 10.0. The van der Waals surface area contributed by atoms with Crippen LogP contribution < -0.4 is 0 Å². The van der Waals surface area contributed by atoms with Crippen molar-refractivity contribution in [2.75, 3.05) is 7.11 Å². The van der Waals surface area contributed by atoms with Crippen LogP contribution >= 0.6 is 0 Å². The highest BCUT2D eigenvalue weighted by Crippen LogP contribution is 2.49. The van der Waals surface area contributed by atoms with E-state index in [2.05, 4.69) is 19.8 Å². The van der Waals surface area contributed by atoms with Gasteiger partial charge in [-0.3, -0.25) is 0 Å². The standard InChI is InChI=1S/C14H24O2/c1-6-9(3)14(15)12-8-11(12)10(4)13(7-2)16-5/h1,9-15H,7-8H2,2-5H3/t9-,10-,11+,12-,13-,14+/m0/s1. The van der Waals surface area contributed by atoms with E-state index < -0.39 is 0 Å². The van der Waals surface area contributed by atoms with Crippen LogP contribution in [0.1, 0.15) is 33.6 Å². The van der Waals surface area contributed by atoms with Crippen LogP contribution in [0.2, 0.25) is 0 Å². The average molecular weight is 224 g/mol. The lowest BCUT2D eigenvalue weighted by molar-refractivity contribution is 0.0369. The third kappa shape index (κ3) is 2.78. The first-order chi connectivity index (χ1) is 7.56. The zero-order valence-electron chi connectivity index (χ0n) is 10.8. The van der Waals surface area contributed by atoms with Crippen molar-refractivity contribution >= 4 is 0 Å². The molecule has 0 unspecified atom stereocenters. The number of aliphatic hydroxyl groups excluding tert-OH is 1. The van der Waals surface area contributed by atoms with Crippen molar-refractivity contribution in [2.24, 2.45) is 23.7 Å². The second-order valence-electron chi connectivity index (χ2n) is 5.05. The number of terminal acetylenes is 1. The van der Waals surface area contributed by atoms with Crippen molar-refractivity contribution in [3.8, 4) is 12.3 Å². The summed E-state index contributed by atoms with van der Waals surface area (Å²) in [6.45, 7) is 6.27. The predicted octanol–water partition coefficient (Wildman–Crippen LogP) is 2.31. The van der Waals surface area contributed by atoms with E-state index in [4.69, 9.17) is 11.2 Å². The SMILES string of the molecule is C#C[C@H](C)[C@@H](O)[C@H]1C[C@@H]1[C@H](C)[C@H](CC)OC. The smallest absolute Gasteiger partial charge is 0.0705 e. The fourth-order valence-corrected chi connectivity index (χ4v) is 2.73. The second-order valence-corrected chi connectivity index (χ2v) is 5.05. The minimum atomic E-state index is -0.341. The van der Waals surface area contributed by atoms with Gasteiger partial charge >= 0.3 is 0 Å². The van der Waals surface area contributed by atoms with Gasteiger partial charge in [0, 0.05) is 13.0 Å². The first-order valence-corrected chi connectivity index (χ1v) is 6.23. The number of aliphatic hydroxyl groups is 1. The van der Waals surface area contributed by atoms with Crippen molar-refractivity contribution in [3.05, 3.63) is 0 Å². The molecule has 1 fully saturated rings. The Morgan fingerprint density at radius 1 is 1.44 bits per heavy atom. The first-order valence-electron chi connectivity index (χ1n) is 6.23. The number of ether oxygens (including phenoxy) is 1. The summed E-state index contributed by atoms with van der Waals surface area (Å²) in [7, 11) is 1.77. The third-order valence-electron chi connectivity index (χ3n) is 4.07. The van der Waals surface area contributed by atoms with Crippen LogP contribution in [0.15, 0.2) is 0 Å². The molecular weight excluding hydrogens is 200 g/mol. The monoisotopic (exact) mass is 224 g/mol. The molecular formula is C14H24O2. The van der Waals surface area contributed by atoms with Gasteiger partial charge in [0.2, 0.25) is 0 Å². The molecule has 1 N–H and O–H groups in total. The average Bonchev–Trinajstić information content (AvgIpc) is 3.08. The Hall–Kier alpha value is -0.520. The Morgan fingerprint density at radius 2 is 2.06 bits per heavy atom. The molecule has 6 atom stereocenters. The zero-order valence-corrected chi connectivity index (χ0v) is 10.8. The molecule has 0 aromatic heterocycles. The van der Waals surface area contributed by atoms with Crippen LogP contribution in [0.25, 0.3) is 0 Å². The molecule has 0 bridgehead atoms. The molecule has 2 nitrogen and oxygen atoms in total. The summed E-state index contributed by atoms with van der Waals surface area (Å²) in [5, 5.41) is 10.0. The summed E-state index contributed by atoms with van der Waals surface area (Å²) < 4.78 is 5.46. The summed E-state index contributed by atoms with van der Waals surface area (Å²) in [6, 6.07) is 0. The van der Waals surface area contributed by atoms with Crippen LogP contribution in [-0.4, -0.2) is 24.4 Å². The molecule has 0 aliphatic heterocycles. The topological polar surface area (TPSA) is 29.5 Å². The minimum absolute atomic E-state index is 0.0372. The molecule has 1 aliphatic rings. The van der Waals surface area contributed by atoms with Crippen LogP contribution in [0.3, 0.4) is 0 Å². The van der Waals surface area contributed by atoms with Crippen molar-refractivity contribution < 1.29 is 9.84 Å².